The Morgan fingerprint density at radius 1 is 0.926 bits per heavy atom. The summed E-state index contributed by atoms with van der Waals surface area (Å²) in [5.74, 6) is 2.16. The summed E-state index contributed by atoms with van der Waals surface area (Å²) in [6.07, 6.45) is 0. The Morgan fingerprint density at radius 2 is 1.70 bits per heavy atom. The molecule has 0 bridgehead atoms. The van der Waals surface area contributed by atoms with Gasteiger partial charge in [-0.15, -0.1) is 0 Å². The van der Waals surface area contributed by atoms with Gasteiger partial charge in [-0.2, -0.15) is 0 Å². The van der Waals surface area contributed by atoms with Gasteiger partial charge in [0.05, 0.1) is 23.3 Å². The fourth-order valence-electron chi connectivity index (χ4n) is 2.89. The van der Waals surface area contributed by atoms with Crippen LogP contribution < -0.4 is 10.1 Å². The largest absolute Gasteiger partial charge is 0.497 e. The molecule has 0 saturated heterocycles. The molecule has 0 saturated carbocycles. The van der Waals surface area contributed by atoms with Crippen molar-refractivity contribution in [2.45, 2.75) is 6.92 Å². The maximum absolute atomic E-state index is 6.40. The summed E-state index contributed by atoms with van der Waals surface area (Å²) < 4.78 is 5.23. The zero-order valence-electron chi connectivity index (χ0n) is 15.0. The fraction of sp³-hybridized carbons (Fsp3) is 0.0909. The molecule has 0 aliphatic heterocycles. The van der Waals surface area contributed by atoms with Gasteiger partial charge in [0.15, 0.2) is 5.82 Å². The number of halogens is 1. The summed E-state index contributed by atoms with van der Waals surface area (Å²) in [7, 11) is 1.65. The zero-order chi connectivity index (χ0) is 18.8. The maximum atomic E-state index is 6.40. The minimum absolute atomic E-state index is 0.641. The van der Waals surface area contributed by atoms with Crippen molar-refractivity contribution in [3.05, 3.63) is 77.3 Å². The Balaban J connectivity index is 1.82. The minimum atomic E-state index is 0.641. The standard InChI is InChI=1S/C22H18ClN3O/c1-14-7-12-20(18(23)13-14)25-22-17-5-3-4-6-19(17)24-21(26-22)15-8-10-16(27-2)11-9-15/h3-13H,1-2H3,(H,24,25,26). The van der Waals surface area contributed by atoms with E-state index in [-0.39, 0.29) is 0 Å². The Kier molecular flexibility index (Phi) is 4.65. The van der Waals surface area contributed by atoms with Gasteiger partial charge >= 0.3 is 0 Å². The number of para-hydroxylation sites is 1. The van der Waals surface area contributed by atoms with Gasteiger partial charge in [-0.1, -0.05) is 29.8 Å². The number of nitrogens with one attached hydrogen (secondary N) is 1. The van der Waals surface area contributed by atoms with Crippen molar-refractivity contribution in [1.82, 2.24) is 9.97 Å². The van der Waals surface area contributed by atoms with Crippen molar-refractivity contribution >= 4 is 34.0 Å². The highest BCUT2D eigenvalue weighted by Crippen LogP contribution is 2.31. The highest BCUT2D eigenvalue weighted by Gasteiger charge is 2.11. The summed E-state index contributed by atoms with van der Waals surface area (Å²) in [6.45, 7) is 2.01. The van der Waals surface area contributed by atoms with E-state index in [0.29, 0.717) is 10.8 Å². The molecule has 0 unspecified atom stereocenters. The number of fused-ring (bicyclic) bond motifs is 1. The first kappa shape index (κ1) is 17.3. The number of hydrogen-bond donors (Lipinski definition) is 1. The van der Waals surface area contributed by atoms with Crippen LogP contribution in [0.15, 0.2) is 66.7 Å². The van der Waals surface area contributed by atoms with Crippen molar-refractivity contribution in [1.29, 1.82) is 0 Å². The second-order valence-corrected chi connectivity index (χ2v) is 6.66. The van der Waals surface area contributed by atoms with Crippen LogP contribution in [0.25, 0.3) is 22.3 Å². The highest BCUT2D eigenvalue weighted by molar-refractivity contribution is 6.33. The quantitative estimate of drug-likeness (QED) is 0.474. The zero-order valence-corrected chi connectivity index (χ0v) is 15.8. The van der Waals surface area contributed by atoms with Gasteiger partial charge in [-0.25, -0.2) is 9.97 Å². The molecule has 5 heteroatoms. The van der Waals surface area contributed by atoms with E-state index in [1.54, 1.807) is 7.11 Å². The lowest BCUT2D eigenvalue weighted by atomic mass is 10.1. The molecule has 0 amide bonds. The van der Waals surface area contributed by atoms with Gasteiger partial charge in [-0.05, 0) is 61.0 Å². The second kappa shape index (κ2) is 7.25. The molecule has 4 aromatic rings. The van der Waals surface area contributed by atoms with Gasteiger partial charge in [0, 0.05) is 10.9 Å². The molecule has 0 atom stereocenters. The van der Waals surface area contributed by atoms with E-state index in [9.17, 15) is 0 Å². The summed E-state index contributed by atoms with van der Waals surface area (Å²) in [6, 6.07) is 21.5. The number of benzene rings is 3. The molecule has 4 nitrogen and oxygen atoms in total. The van der Waals surface area contributed by atoms with Crippen LogP contribution in [0.4, 0.5) is 11.5 Å². The molecule has 1 N–H and O–H groups in total. The molecule has 134 valence electrons. The normalized spacial score (nSPS) is 10.8. The van der Waals surface area contributed by atoms with E-state index in [1.165, 1.54) is 0 Å². The lowest BCUT2D eigenvalue weighted by Gasteiger charge is -2.12. The first-order chi connectivity index (χ1) is 13.1. The molecule has 27 heavy (non-hydrogen) atoms. The maximum Gasteiger partial charge on any atom is 0.162 e. The number of aromatic nitrogens is 2. The van der Waals surface area contributed by atoms with Crippen LogP contribution in [0.3, 0.4) is 0 Å². The average molecular weight is 376 g/mol. The summed E-state index contributed by atoms with van der Waals surface area (Å²) in [5.41, 5.74) is 3.70. The second-order valence-electron chi connectivity index (χ2n) is 6.25. The number of aryl methyl sites for hydroxylation is 1. The van der Waals surface area contributed by atoms with E-state index in [2.05, 4.69) is 5.32 Å². The van der Waals surface area contributed by atoms with Crippen molar-refractivity contribution in [2.75, 3.05) is 12.4 Å². The third-order valence-corrected chi connectivity index (χ3v) is 4.64. The summed E-state index contributed by atoms with van der Waals surface area (Å²) in [4.78, 5) is 9.48. The lowest BCUT2D eigenvalue weighted by molar-refractivity contribution is 0.415. The predicted octanol–water partition coefficient (Wildman–Crippen LogP) is 6.01. The number of rotatable bonds is 4. The molecule has 1 aromatic heterocycles. The number of anilines is 2. The average Bonchev–Trinajstić information content (AvgIpc) is 2.70. The lowest BCUT2D eigenvalue weighted by Crippen LogP contribution is -2.00. The van der Waals surface area contributed by atoms with Crippen LogP contribution in [-0.4, -0.2) is 17.1 Å². The topological polar surface area (TPSA) is 47.0 Å². The summed E-state index contributed by atoms with van der Waals surface area (Å²) in [5, 5.41) is 4.96. The van der Waals surface area contributed by atoms with E-state index >= 15 is 0 Å². The van der Waals surface area contributed by atoms with Gasteiger partial charge < -0.3 is 10.1 Å². The van der Waals surface area contributed by atoms with Gasteiger partial charge in [0.25, 0.3) is 0 Å². The number of nitrogens with zero attached hydrogens (tertiary/aromatic N) is 2. The molecule has 0 aliphatic carbocycles. The van der Waals surface area contributed by atoms with Crippen LogP contribution in [-0.2, 0) is 0 Å². The van der Waals surface area contributed by atoms with Crippen molar-refractivity contribution in [2.24, 2.45) is 0 Å². The van der Waals surface area contributed by atoms with E-state index in [1.807, 2.05) is 73.7 Å². The summed E-state index contributed by atoms with van der Waals surface area (Å²) >= 11 is 6.40. The SMILES string of the molecule is COc1ccc(-c2nc(Nc3ccc(C)cc3Cl)c3ccccc3n2)cc1. The number of methoxy groups -OCH3 is 1. The first-order valence-electron chi connectivity index (χ1n) is 8.58. The molecular formula is C22H18ClN3O. The van der Waals surface area contributed by atoms with Crippen LogP contribution in [0, 0.1) is 6.92 Å². The van der Waals surface area contributed by atoms with E-state index in [0.717, 1.165) is 39.3 Å². The molecule has 4 rings (SSSR count). The van der Waals surface area contributed by atoms with Gasteiger partial charge in [0.1, 0.15) is 11.6 Å². The third kappa shape index (κ3) is 3.57. The predicted molar refractivity (Wildman–Crippen MR) is 111 cm³/mol. The Hall–Kier alpha value is -3.11. The molecular weight excluding hydrogens is 358 g/mol. The molecule has 3 aromatic carbocycles. The van der Waals surface area contributed by atoms with Crippen LogP contribution in [0.2, 0.25) is 5.02 Å². The van der Waals surface area contributed by atoms with Gasteiger partial charge in [-0.3, -0.25) is 0 Å². The Morgan fingerprint density at radius 3 is 2.44 bits per heavy atom. The monoisotopic (exact) mass is 375 g/mol. The van der Waals surface area contributed by atoms with E-state index < -0.39 is 0 Å². The molecule has 1 heterocycles. The van der Waals surface area contributed by atoms with Crippen LogP contribution in [0.5, 0.6) is 5.75 Å². The number of ether oxygens (including phenoxy) is 1. The minimum Gasteiger partial charge on any atom is -0.497 e. The first-order valence-corrected chi connectivity index (χ1v) is 8.96. The molecule has 0 fully saturated rings. The van der Waals surface area contributed by atoms with Crippen molar-refractivity contribution < 1.29 is 4.74 Å². The van der Waals surface area contributed by atoms with Gasteiger partial charge in [0.2, 0.25) is 0 Å². The van der Waals surface area contributed by atoms with Crippen molar-refractivity contribution in [3.63, 3.8) is 0 Å². The third-order valence-electron chi connectivity index (χ3n) is 4.33. The molecule has 0 aliphatic rings. The number of hydrogen-bond acceptors (Lipinski definition) is 4. The fourth-order valence-corrected chi connectivity index (χ4v) is 3.17. The van der Waals surface area contributed by atoms with Crippen LogP contribution >= 0.6 is 11.6 Å². The Labute approximate surface area is 162 Å². The van der Waals surface area contributed by atoms with Crippen LogP contribution in [0.1, 0.15) is 5.56 Å². The van der Waals surface area contributed by atoms with E-state index in [4.69, 9.17) is 26.3 Å². The Bertz CT molecular complexity index is 1110. The highest BCUT2D eigenvalue weighted by atomic mass is 35.5. The van der Waals surface area contributed by atoms with Crippen molar-refractivity contribution in [3.8, 4) is 17.1 Å². The molecule has 0 spiro atoms. The smallest absolute Gasteiger partial charge is 0.162 e. The molecule has 0 radical (unpaired) electrons.